The van der Waals surface area contributed by atoms with E-state index in [9.17, 15) is 9.90 Å². The number of carboxylic acids is 1. The van der Waals surface area contributed by atoms with Crippen LogP contribution in [0.2, 0.25) is 0 Å². The average molecular weight is 303 g/mol. The Kier molecular flexibility index (Phi) is 2.98. The number of hydrogen-bond acceptors (Lipinski definition) is 6. The van der Waals surface area contributed by atoms with Gasteiger partial charge in [0.25, 0.3) is 0 Å². The summed E-state index contributed by atoms with van der Waals surface area (Å²) in [7, 11) is 0. The molecule has 0 saturated carbocycles. The van der Waals surface area contributed by atoms with Gasteiger partial charge in [0.1, 0.15) is 4.88 Å². The molecule has 2 N–H and O–H groups in total. The van der Waals surface area contributed by atoms with E-state index >= 15 is 0 Å². The lowest BCUT2D eigenvalue weighted by molar-refractivity contribution is 0.0698. The van der Waals surface area contributed by atoms with Gasteiger partial charge < -0.3 is 10.1 Å². The lowest BCUT2D eigenvalue weighted by atomic mass is 9.91. The summed E-state index contributed by atoms with van der Waals surface area (Å²) in [5.74, 6) is -0.470. The van der Waals surface area contributed by atoms with Crippen molar-refractivity contribution in [2.75, 3.05) is 0 Å². The summed E-state index contributed by atoms with van der Waals surface area (Å²) in [5, 5.41) is 13.4. The second-order valence-electron chi connectivity index (χ2n) is 5.65. The van der Waals surface area contributed by atoms with Crippen molar-refractivity contribution in [2.45, 2.75) is 26.2 Å². The molecule has 0 aliphatic carbocycles. The Hall–Kier alpha value is -2.35. The van der Waals surface area contributed by atoms with Gasteiger partial charge in [-0.3, -0.25) is 0 Å². The lowest BCUT2D eigenvalue weighted by Crippen LogP contribution is -2.13. The average Bonchev–Trinajstić information content (AvgIpc) is 3.03. The third-order valence-electron chi connectivity index (χ3n) is 3.04. The highest BCUT2D eigenvalue weighted by atomic mass is 32.1. The van der Waals surface area contributed by atoms with E-state index in [1.165, 1.54) is 23.8 Å². The standard InChI is InChI=1S/C13H13N5O2S/c1-13(2,3)9-8(21-18-17-9)11-15-7-6(12(19)20)4-5-14-10(7)16-11/h4-5H,1-3H3,(H,19,20)(H,14,15,16). The molecular weight excluding hydrogens is 290 g/mol. The minimum atomic E-state index is -1.02. The molecule has 108 valence electrons. The number of hydrogen-bond donors (Lipinski definition) is 2. The number of aromatic amines is 1. The molecular formula is C13H13N5O2S. The van der Waals surface area contributed by atoms with Crippen LogP contribution in [0.3, 0.4) is 0 Å². The molecule has 0 radical (unpaired) electrons. The third kappa shape index (κ3) is 2.27. The van der Waals surface area contributed by atoms with Crippen LogP contribution in [0.15, 0.2) is 12.3 Å². The number of pyridine rings is 1. The Morgan fingerprint density at radius 3 is 2.81 bits per heavy atom. The van der Waals surface area contributed by atoms with Crippen LogP contribution in [0.1, 0.15) is 36.8 Å². The van der Waals surface area contributed by atoms with Crippen LogP contribution >= 0.6 is 11.5 Å². The molecule has 0 spiro atoms. The van der Waals surface area contributed by atoms with E-state index in [0.29, 0.717) is 17.0 Å². The lowest BCUT2D eigenvalue weighted by Gasteiger charge is -2.15. The van der Waals surface area contributed by atoms with Crippen molar-refractivity contribution in [3.05, 3.63) is 23.5 Å². The third-order valence-corrected chi connectivity index (χ3v) is 3.77. The summed E-state index contributed by atoms with van der Waals surface area (Å²) in [5.41, 5.74) is 1.58. The van der Waals surface area contributed by atoms with Crippen LogP contribution in [0.4, 0.5) is 0 Å². The van der Waals surface area contributed by atoms with Crippen molar-refractivity contribution < 1.29 is 9.90 Å². The van der Waals surface area contributed by atoms with Gasteiger partial charge in [-0.1, -0.05) is 25.3 Å². The molecule has 0 fully saturated rings. The normalized spacial score (nSPS) is 12.0. The summed E-state index contributed by atoms with van der Waals surface area (Å²) < 4.78 is 3.99. The molecule has 0 atom stereocenters. The number of carboxylic acid groups (broad SMARTS) is 1. The van der Waals surface area contributed by atoms with Crippen molar-refractivity contribution in [3.8, 4) is 10.7 Å². The van der Waals surface area contributed by atoms with E-state index in [0.717, 1.165) is 10.6 Å². The van der Waals surface area contributed by atoms with Gasteiger partial charge in [-0.05, 0) is 17.6 Å². The van der Waals surface area contributed by atoms with Gasteiger partial charge >= 0.3 is 5.97 Å². The van der Waals surface area contributed by atoms with Gasteiger partial charge in [-0.25, -0.2) is 14.8 Å². The number of nitrogens with one attached hydrogen (secondary N) is 1. The first-order valence-corrected chi connectivity index (χ1v) is 7.06. The molecule has 0 aliphatic heterocycles. The van der Waals surface area contributed by atoms with Crippen LogP contribution in [0.5, 0.6) is 0 Å². The highest BCUT2D eigenvalue weighted by molar-refractivity contribution is 7.09. The SMILES string of the molecule is CC(C)(C)c1nnsc1-c1nc2nccc(C(=O)O)c2[nH]1. The first kappa shape index (κ1) is 13.6. The van der Waals surface area contributed by atoms with E-state index < -0.39 is 5.97 Å². The van der Waals surface area contributed by atoms with E-state index in [4.69, 9.17) is 0 Å². The molecule has 8 heteroatoms. The quantitative estimate of drug-likeness (QED) is 0.753. The summed E-state index contributed by atoms with van der Waals surface area (Å²) >= 11 is 1.23. The number of H-pyrrole nitrogens is 1. The Morgan fingerprint density at radius 1 is 1.38 bits per heavy atom. The van der Waals surface area contributed by atoms with Gasteiger partial charge in [0.05, 0.1) is 16.8 Å². The molecule has 0 saturated heterocycles. The maximum Gasteiger partial charge on any atom is 0.338 e. The topological polar surface area (TPSA) is 105 Å². The van der Waals surface area contributed by atoms with Gasteiger partial charge in [-0.2, -0.15) is 0 Å². The minimum Gasteiger partial charge on any atom is -0.478 e. The summed E-state index contributed by atoms with van der Waals surface area (Å²) in [4.78, 5) is 23.6. The second-order valence-corrected chi connectivity index (χ2v) is 6.40. The number of fused-ring (bicyclic) bond motifs is 1. The van der Waals surface area contributed by atoms with Crippen molar-refractivity contribution in [1.82, 2.24) is 24.5 Å². The largest absolute Gasteiger partial charge is 0.478 e. The van der Waals surface area contributed by atoms with E-state index in [1.54, 1.807) is 0 Å². The fraction of sp³-hybridized carbons (Fsp3) is 0.308. The fourth-order valence-electron chi connectivity index (χ4n) is 2.03. The summed E-state index contributed by atoms with van der Waals surface area (Å²) in [6.07, 6.45) is 1.44. The smallest absolute Gasteiger partial charge is 0.338 e. The Balaban J connectivity index is 2.21. The van der Waals surface area contributed by atoms with Crippen molar-refractivity contribution >= 4 is 28.7 Å². The molecule has 0 unspecified atom stereocenters. The number of imidazole rings is 1. The number of carbonyl (C=O) groups is 1. The Labute approximate surface area is 124 Å². The molecule has 3 aromatic rings. The van der Waals surface area contributed by atoms with E-state index in [1.807, 2.05) is 20.8 Å². The van der Waals surface area contributed by atoms with Crippen LogP contribution in [-0.2, 0) is 5.41 Å². The molecule has 21 heavy (non-hydrogen) atoms. The maximum absolute atomic E-state index is 11.2. The first-order chi connectivity index (χ1) is 9.88. The monoisotopic (exact) mass is 303 g/mol. The number of nitrogens with zero attached hydrogens (tertiary/aromatic N) is 4. The predicted octanol–water partition coefficient (Wildman–Crippen LogP) is 2.47. The molecule has 3 rings (SSSR count). The number of aromatic nitrogens is 5. The van der Waals surface area contributed by atoms with Crippen molar-refractivity contribution in [3.63, 3.8) is 0 Å². The zero-order valence-corrected chi connectivity index (χ0v) is 12.5. The highest BCUT2D eigenvalue weighted by Crippen LogP contribution is 2.33. The maximum atomic E-state index is 11.2. The van der Waals surface area contributed by atoms with Crippen LogP contribution in [0.25, 0.3) is 21.9 Å². The van der Waals surface area contributed by atoms with Gasteiger partial charge in [0, 0.05) is 11.6 Å². The van der Waals surface area contributed by atoms with E-state index in [-0.39, 0.29) is 11.0 Å². The van der Waals surface area contributed by atoms with E-state index in [2.05, 4.69) is 24.5 Å². The fourth-order valence-corrected chi connectivity index (χ4v) is 2.85. The zero-order valence-electron chi connectivity index (χ0n) is 11.7. The Bertz CT molecular complexity index is 831. The molecule has 0 aromatic carbocycles. The van der Waals surface area contributed by atoms with Crippen LogP contribution in [0, 0.1) is 0 Å². The van der Waals surface area contributed by atoms with Gasteiger partial charge in [0.2, 0.25) is 0 Å². The summed E-state index contributed by atoms with van der Waals surface area (Å²) in [6, 6.07) is 1.45. The molecule has 3 heterocycles. The first-order valence-electron chi connectivity index (χ1n) is 6.29. The second kappa shape index (κ2) is 4.59. The Morgan fingerprint density at radius 2 is 2.14 bits per heavy atom. The molecule has 7 nitrogen and oxygen atoms in total. The molecule has 0 bridgehead atoms. The van der Waals surface area contributed by atoms with Crippen molar-refractivity contribution in [1.29, 1.82) is 0 Å². The molecule has 3 aromatic heterocycles. The van der Waals surface area contributed by atoms with Crippen LogP contribution < -0.4 is 0 Å². The molecule has 0 aliphatic rings. The summed E-state index contributed by atoms with van der Waals surface area (Å²) in [6.45, 7) is 6.12. The van der Waals surface area contributed by atoms with Crippen molar-refractivity contribution in [2.24, 2.45) is 0 Å². The van der Waals surface area contributed by atoms with Gasteiger partial charge in [-0.15, -0.1) is 5.10 Å². The number of aromatic carboxylic acids is 1. The zero-order chi connectivity index (χ0) is 15.2. The highest BCUT2D eigenvalue weighted by Gasteiger charge is 2.25. The minimum absolute atomic E-state index is 0.147. The van der Waals surface area contributed by atoms with Crippen LogP contribution in [-0.4, -0.2) is 35.6 Å². The predicted molar refractivity (Wildman–Crippen MR) is 78.5 cm³/mol. The molecule has 0 amide bonds. The number of rotatable bonds is 2. The van der Waals surface area contributed by atoms with Gasteiger partial charge in [0.15, 0.2) is 11.5 Å².